The topological polar surface area (TPSA) is 0 Å². The van der Waals surface area contributed by atoms with Gasteiger partial charge in [-0.3, -0.25) is 0 Å². The van der Waals surface area contributed by atoms with Crippen molar-refractivity contribution in [1.29, 1.82) is 0 Å². The van der Waals surface area contributed by atoms with Crippen LogP contribution in [0.5, 0.6) is 0 Å². The van der Waals surface area contributed by atoms with Crippen molar-refractivity contribution in [3.63, 3.8) is 0 Å². The first kappa shape index (κ1) is 19.5. The van der Waals surface area contributed by atoms with Gasteiger partial charge in [-0.2, -0.15) is 0 Å². The first-order valence-corrected chi connectivity index (χ1v) is 15.1. The van der Waals surface area contributed by atoms with Crippen molar-refractivity contribution in [3.8, 4) is 11.5 Å². The van der Waals surface area contributed by atoms with Crippen LogP contribution in [-0.4, -0.2) is 16.1 Å². The largest absolute Gasteiger partial charge is 0.129 e. The van der Waals surface area contributed by atoms with Gasteiger partial charge in [0.2, 0.25) is 0 Å². The van der Waals surface area contributed by atoms with Gasteiger partial charge in [0.25, 0.3) is 0 Å². The Bertz CT molecular complexity index is 403. The third-order valence-electron chi connectivity index (χ3n) is 2.69. The van der Waals surface area contributed by atoms with Gasteiger partial charge in [-0.15, -0.1) is 5.54 Å². The van der Waals surface area contributed by atoms with E-state index >= 15 is 0 Å². The molecule has 114 valence electrons. The number of allylic oxidation sites excluding steroid dienone is 3. The molecule has 2 heteroatoms. The second-order valence-corrected chi connectivity index (χ2v) is 17.5. The summed E-state index contributed by atoms with van der Waals surface area (Å²) in [6.07, 6.45) is 7.18. The molecular formula is C18H34Si2. The summed E-state index contributed by atoms with van der Waals surface area (Å²) < 4.78 is 0. The van der Waals surface area contributed by atoms with E-state index < -0.39 is 16.1 Å². The summed E-state index contributed by atoms with van der Waals surface area (Å²) in [5.41, 5.74) is 8.88. The number of hydrogen-bond donors (Lipinski definition) is 0. The van der Waals surface area contributed by atoms with Crippen molar-refractivity contribution < 1.29 is 0 Å². The monoisotopic (exact) mass is 306 g/mol. The number of rotatable bonds is 6. The average molecular weight is 307 g/mol. The maximum Gasteiger partial charge on any atom is 0.129 e. The van der Waals surface area contributed by atoms with Crippen molar-refractivity contribution in [2.45, 2.75) is 78.8 Å². The first-order valence-electron chi connectivity index (χ1n) is 8.04. The third-order valence-corrected chi connectivity index (χ3v) is 4.72. The fourth-order valence-corrected chi connectivity index (χ4v) is 3.46. The molecule has 0 atom stereocenters. The zero-order valence-electron chi connectivity index (χ0n) is 15.0. The van der Waals surface area contributed by atoms with Crippen LogP contribution in [0.15, 0.2) is 22.9 Å². The van der Waals surface area contributed by atoms with E-state index in [0.717, 1.165) is 6.42 Å². The third kappa shape index (κ3) is 10.3. The van der Waals surface area contributed by atoms with Crippen LogP contribution in [0.1, 0.15) is 39.5 Å². The van der Waals surface area contributed by atoms with E-state index in [0.29, 0.717) is 0 Å². The molecule has 0 aromatic carbocycles. The van der Waals surface area contributed by atoms with Gasteiger partial charge in [0.05, 0.1) is 8.07 Å². The Morgan fingerprint density at radius 1 is 0.950 bits per heavy atom. The lowest BCUT2D eigenvalue weighted by atomic mass is 10.0. The second kappa shape index (κ2) is 8.69. The fourth-order valence-electron chi connectivity index (χ4n) is 1.83. The van der Waals surface area contributed by atoms with Gasteiger partial charge in [0.1, 0.15) is 8.07 Å². The molecule has 0 aliphatic rings. The standard InChI is InChI=1S/C18H34Si2/c1-9-11-13-17(12-10-2)18(16-20(6,7)8)14-15-19(3,4)5/h13,16H,9-12H2,1-8H3. The van der Waals surface area contributed by atoms with Gasteiger partial charge in [-0.05, 0) is 18.4 Å². The molecule has 0 amide bonds. The normalized spacial score (nSPS) is 14.0. The molecule has 0 nitrogen and oxygen atoms in total. The SMILES string of the molecule is CCCC=C(CCC)C(C#C[Si](C)(C)C)=C[Si](C)(C)C. The van der Waals surface area contributed by atoms with E-state index in [-0.39, 0.29) is 0 Å². The predicted molar refractivity (Wildman–Crippen MR) is 100 cm³/mol. The molecule has 0 radical (unpaired) electrons. The Kier molecular flexibility index (Phi) is 8.46. The number of unbranched alkanes of at least 4 members (excludes halogenated alkanes) is 1. The molecule has 0 heterocycles. The molecule has 0 unspecified atom stereocenters. The fraction of sp³-hybridized carbons (Fsp3) is 0.667. The van der Waals surface area contributed by atoms with Gasteiger partial charge >= 0.3 is 0 Å². The highest BCUT2D eigenvalue weighted by Crippen LogP contribution is 2.20. The minimum Gasteiger partial charge on any atom is -0.127 e. The summed E-state index contributed by atoms with van der Waals surface area (Å²) in [5, 5.41) is 0. The van der Waals surface area contributed by atoms with Gasteiger partial charge in [-0.1, -0.05) is 83.7 Å². The Balaban J connectivity index is 5.59. The summed E-state index contributed by atoms with van der Waals surface area (Å²) in [4.78, 5) is 0. The summed E-state index contributed by atoms with van der Waals surface area (Å²) in [6, 6.07) is 0. The van der Waals surface area contributed by atoms with Crippen molar-refractivity contribution in [1.82, 2.24) is 0 Å². The molecule has 0 aliphatic heterocycles. The van der Waals surface area contributed by atoms with E-state index in [2.05, 4.69) is 76.4 Å². The molecule has 0 saturated heterocycles. The van der Waals surface area contributed by atoms with Crippen molar-refractivity contribution in [2.75, 3.05) is 0 Å². The Hall–Kier alpha value is -0.526. The molecule has 0 aromatic heterocycles. The highest BCUT2D eigenvalue weighted by molar-refractivity contribution is 6.84. The molecule has 0 fully saturated rings. The molecule has 0 aromatic rings. The minimum absolute atomic E-state index is 1.16. The molecule has 0 aliphatic carbocycles. The van der Waals surface area contributed by atoms with Gasteiger partial charge in [-0.25, -0.2) is 0 Å². The molecule has 0 rings (SSSR count). The Labute approximate surface area is 129 Å². The molecule has 0 spiro atoms. The maximum absolute atomic E-state index is 3.56. The quantitative estimate of drug-likeness (QED) is 0.311. The van der Waals surface area contributed by atoms with E-state index in [4.69, 9.17) is 0 Å². The second-order valence-electron chi connectivity index (χ2n) is 7.69. The zero-order valence-corrected chi connectivity index (χ0v) is 17.0. The summed E-state index contributed by atoms with van der Waals surface area (Å²) in [5.74, 6) is 3.55. The predicted octanol–water partition coefficient (Wildman–Crippen LogP) is 6.20. The lowest BCUT2D eigenvalue weighted by molar-refractivity contribution is 0.889. The van der Waals surface area contributed by atoms with Gasteiger partial charge in [0, 0.05) is 5.57 Å². The van der Waals surface area contributed by atoms with Crippen LogP contribution in [-0.2, 0) is 0 Å². The van der Waals surface area contributed by atoms with E-state index in [1.54, 1.807) is 0 Å². The molecule has 20 heavy (non-hydrogen) atoms. The van der Waals surface area contributed by atoms with Gasteiger partial charge in [0.15, 0.2) is 0 Å². The summed E-state index contributed by atoms with van der Waals surface area (Å²) in [6.45, 7) is 18.7. The van der Waals surface area contributed by atoms with Crippen LogP contribution in [0.4, 0.5) is 0 Å². The van der Waals surface area contributed by atoms with Crippen LogP contribution in [0.25, 0.3) is 0 Å². The highest BCUT2D eigenvalue weighted by atomic mass is 28.3. The lowest BCUT2D eigenvalue weighted by Crippen LogP contribution is -2.18. The van der Waals surface area contributed by atoms with Crippen LogP contribution >= 0.6 is 0 Å². The maximum atomic E-state index is 3.56. The average Bonchev–Trinajstić information content (AvgIpc) is 2.27. The smallest absolute Gasteiger partial charge is 0.127 e. The van der Waals surface area contributed by atoms with Crippen molar-refractivity contribution in [2.24, 2.45) is 0 Å². The van der Waals surface area contributed by atoms with E-state index in [1.807, 2.05) is 0 Å². The molecule has 0 bridgehead atoms. The molecule has 0 N–H and O–H groups in total. The van der Waals surface area contributed by atoms with Crippen molar-refractivity contribution >= 4 is 16.1 Å². The van der Waals surface area contributed by atoms with Crippen LogP contribution in [0.3, 0.4) is 0 Å². The summed E-state index contributed by atoms with van der Waals surface area (Å²) in [7, 11) is -2.55. The molecular weight excluding hydrogens is 272 g/mol. The highest BCUT2D eigenvalue weighted by Gasteiger charge is 2.14. The van der Waals surface area contributed by atoms with E-state index in [1.165, 1.54) is 30.4 Å². The zero-order chi connectivity index (χ0) is 15.8. The van der Waals surface area contributed by atoms with Crippen molar-refractivity contribution in [3.05, 3.63) is 22.9 Å². The first-order chi connectivity index (χ1) is 9.09. The number of hydrogen-bond acceptors (Lipinski definition) is 0. The van der Waals surface area contributed by atoms with Crippen LogP contribution in [0.2, 0.25) is 39.3 Å². The summed E-state index contributed by atoms with van der Waals surface area (Å²) >= 11 is 0. The molecule has 0 saturated carbocycles. The van der Waals surface area contributed by atoms with Gasteiger partial charge < -0.3 is 0 Å². The Morgan fingerprint density at radius 3 is 1.95 bits per heavy atom. The minimum atomic E-state index is -1.31. The van der Waals surface area contributed by atoms with E-state index in [9.17, 15) is 0 Å². The van der Waals surface area contributed by atoms with Crippen LogP contribution in [0, 0.1) is 11.5 Å². The van der Waals surface area contributed by atoms with Crippen LogP contribution < -0.4 is 0 Å². The lowest BCUT2D eigenvalue weighted by Gasteiger charge is -2.15. The Morgan fingerprint density at radius 2 is 1.55 bits per heavy atom.